The topological polar surface area (TPSA) is 45.1 Å². The molecule has 0 unspecified atom stereocenters. The molecule has 2 saturated heterocycles. The predicted molar refractivity (Wildman–Crippen MR) is 73.7 cm³/mol. The molecule has 0 aromatic rings. The van der Waals surface area contributed by atoms with Gasteiger partial charge in [-0.3, -0.25) is 4.99 Å². The van der Waals surface area contributed by atoms with Crippen LogP contribution in [0.1, 0.15) is 25.7 Å². The lowest BCUT2D eigenvalue weighted by Crippen LogP contribution is -2.41. The highest BCUT2D eigenvalue weighted by Gasteiger charge is 2.40. The van der Waals surface area contributed by atoms with Gasteiger partial charge in [-0.25, -0.2) is 0 Å². The third kappa shape index (κ3) is 2.31. The van der Waals surface area contributed by atoms with Crippen LogP contribution in [-0.4, -0.2) is 51.9 Å². The minimum Gasteiger partial charge on any atom is -0.390 e. The van der Waals surface area contributed by atoms with Gasteiger partial charge in [0.25, 0.3) is 0 Å². The zero-order valence-electron chi connectivity index (χ0n) is 10.5. The van der Waals surface area contributed by atoms with Crippen molar-refractivity contribution in [3.05, 3.63) is 12.7 Å². The number of aliphatic hydroxyl groups excluding tert-OH is 1. The molecule has 18 heavy (non-hydrogen) atoms. The van der Waals surface area contributed by atoms with Gasteiger partial charge in [-0.15, -0.1) is 6.58 Å². The molecule has 100 valence electrons. The number of rotatable bonds is 3. The van der Waals surface area contributed by atoms with Gasteiger partial charge in [-0.1, -0.05) is 17.8 Å². The van der Waals surface area contributed by atoms with Crippen LogP contribution in [0.2, 0.25) is 0 Å². The smallest absolute Gasteiger partial charge is 0.162 e. The van der Waals surface area contributed by atoms with Crippen molar-refractivity contribution < 1.29 is 9.84 Å². The largest absolute Gasteiger partial charge is 0.390 e. The zero-order valence-corrected chi connectivity index (χ0v) is 11.3. The van der Waals surface area contributed by atoms with Crippen molar-refractivity contribution in [3.63, 3.8) is 0 Å². The normalized spacial score (nSPS) is 36.6. The maximum absolute atomic E-state index is 9.97. The second kappa shape index (κ2) is 5.23. The van der Waals surface area contributed by atoms with E-state index in [9.17, 15) is 5.11 Å². The second-order valence-corrected chi connectivity index (χ2v) is 6.21. The summed E-state index contributed by atoms with van der Waals surface area (Å²) < 4.78 is 6.00. The summed E-state index contributed by atoms with van der Waals surface area (Å²) >= 11 is 1.73. The van der Waals surface area contributed by atoms with Crippen molar-refractivity contribution in [1.29, 1.82) is 0 Å². The van der Waals surface area contributed by atoms with Gasteiger partial charge in [-0.05, 0) is 25.7 Å². The fourth-order valence-electron chi connectivity index (χ4n) is 2.58. The van der Waals surface area contributed by atoms with Gasteiger partial charge in [-0.2, -0.15) is 0 Å². The molecule has 0 spiro atoms. The monoisotopic (exact) mass is 268 g/mol. The van der Waals surface area contributed by atoms with Crippen LogP contribution in [0.25, 0.3) is 0 Å². The quantitative estimate of drug-likeness (QED) is 0.790. The van der Waals surface area contributed by atoms with E-state index in [0.717, 1.165) is 31.1 Å². The molecule has 3 rings (SSSR count). The number of hydrogen-bond donors (Lipinski definition) is 1. The van der Waals surface area contributed by atoms with Crippen LogP contribution in [0, 0.1) is 0 Å². The first-order valence-electron chi connectivity index (χ1n) is 6.72. The Kier molecular flexibility index (Phi) is 3.63. The summed E-state index contributed by atoms with van der Waals surface area (Å²) in [5.74, 6) is 0. The van der Waals surface area contributed by atoms with Crippen molar-refractivity contribution in [2.45, 2.75) is 49.4 Å². The Balaban J connectivity index is 1.57. The number of aliphatic imine (C=N–C) groups is 1. The maximum atomic E-state index is 9.97. The predicted octanol–water partition coefficient (Wildman–Crippen LogP) is 1.61. The van der Waals surface area contributed by atoms with Crippen molar-refractivity contribution in [2.75, 3.05) is 13.1 Å². The Labute approximate surface area is 112 Å². The first-order valence-corrected chi connectivity index (χ1v) is 7.59. The molecule has 0 aromatic heterocycles. The van der Waals surface area contributed by atoms with E-state index in [-0.39, 0.29) is 17.6 Å². The van der Waals surface area contributed by atoms with Crippen molar-refractivity contribution in [1.82, 2.24) is 4.90 Å². The number of aliphatic hydroxyl groups is 1. The van der Waals surface area contributed by atoms with Gasteiger partial charge in [0, 0.05) is 13.1 Å². The Bertz CT molecular complexity index is 357. The molecule has 3 aliphatic rings. The number of ether oxygens (including phenoxy) is 1. The van der Waals surface area contributed by atoms with Crippen molar-refractivity contribution in [3.8, 4) is 0 Å². The summed E-state index contributed by atoms with van der Waals surface area (Å²) in [5.41, 5.74) is 0.110. The summed E-state index contributed by atoms with van der Waals surface area (Å²) in [6.45, 7) is 5.93. The van der Waals surface area contributed by atoms with E-state index in [2.05, 4.69) is 11.5 Å². The third-order valence-electron chi connectivity index (χ3n) is 3.83. The molecular weight excluding hydrogens is 248 g/mol. The number of hydrogen-bond acceptors (Lipinski definition) is 5. The van der Waals surface area contributed by atoms with Crippen LogP contribution in [0.4, 0.5) is 0 Å². The average molecular weight is 268 g/mol. The summed E-state index contributed by atoms with van der Waals surface area (Å²) in [7, 11) is 0. The number of amidine groups is 1. The van der Waals surface area contributed by atoms with E-state index in [1.54, 1.807) is 17.8 Å². The van der Waals surface area contributed by atoms with Gasteiger partial charge in [0.2, 0.25) is 0 Å². The molecular formula is C13H20N2O2S. The number of thioether (sulfide) groups is 1. The molecule has 1 N–H and O–H groups in total. The molecule has 3 aliphatic heterocycles. The number of nitrogens with zero attached hydrogens (tertiary/aromatic N) is 2. The first-order chi connectivity index (χ1) is 8.78. The fraction of sp³-hybridized carbons (Fsp3) is 0.769. The lowest BCUT2D eigenvalue weighted by molar-refractivity contribution is -0.0779. The SMILES string of the molecule is C=CC[C@@H](O)[C@H]1CC[C@H]2N=C(N3CCC3)S[C@H]2O1. The number of fused-ring (bicyclic) bond motifs is 1. The fourth-order valence-corrected chi connectivity index (χ4v) is 3.87. The Morgan fingerprint density at radius 1 is 1.56 bits per heavy atom. The lowest BCUT2D eigenvalue weighted by atomic mass is 9.99. The summed E-state index contributed by atoms with van der Waals surface area (Å²) in [6, 6.07) is 0.290. The van der Waals surface area contributed by atoms with E-state index in [1.165, 1.54) is 6.42 Å². The molecule has 0 bridgehead atoms. The van der Waals surface area contributed by atoms with Gasteiger partial charge < -0.3 is 14.7 Å². The second-order valence-electron chi connectivity index (χ2n) is 5.15. The third-order valence-corrected chi connectivity index (χ3v) is 5.06. The van der Waals surface area contributed by atoms with Crippen LogP contribution in [-0.2, 0) is 4.74 Å². The van der Waals surface area contributed by atoms with Gasteiger partial charge >= 0.3 is 0 Å². The summed E-state index contributed by atoms with van der Waals surface area (Å²) in [4.78, 5) is 7.07. The lowest BCUT2D eigenvalue weighted by Gasteiger charge is -2.34. The van der Waals surface area contributed by atoms with Crippen molar-refractivity contribution in [2.24, 2.45) is 4.99 Å². The van der Waals surface area contributed by atoms with Crippen LogP contribution in [0.5, 0.6) is 0 Å². The van der Waals surface area contributed by atoms with Gasteiger partial charge in [0.1, 0.15) is 5.44 Å². The minimum atomic E-state index is -0.419. The Morgan fingerprint density at radius 3 is 3.06 bits per heavy atom. The van der Waals surface area contributed by atoms with Crippen LogP contribution < -0.4 is 0 Å². The molecule has 4 nitrogen and oxygen atoms in total. The zero-order chi connectivity index (χ0) is 12.5. The molecule has 0 radical (unpaired) electrons. The first kappa shape index (κ1) is 12.5. The molecule has 0 aromatic carbocycles. The highest BCUT2D eigenvalue weighted by Crippen LogP contribution is 2.38. The molecule has 5 heteroatoms. The van der Waals surface area contributed by atoms with Crippen LogP contribution in [0.15, 0.2) is 17.6 Å². The average Bonchev–Trinajstić information content (AvgIpc) is 2.68. The highest BCUT2D eigenvalue weighted by molar-refractivity contribution is 8.14. The van der Waals surface area contributed by atoms with Gasteiger partial charge in [0.05, 0.1) is 18.2 Å². The van der Waals surface area contributed by atoms with E-state index < -0.39 is 6.10 Å². The van der Waals surface area contributed by atoms with E-state index in [4.69, 9.17) is 9.73 Å². The molecule has 0 amide bonds. The summed E-state index contributed by atoms with van der Waals surface area (Å²) in [5, 5.41) is 11.1. The molecule has 2 fully saturated rings. The Morgan fingerprint density at radius 2 is 2.39 bits per heavy atom. The Hall–Kier alpha value is -0.520. The van der Waals surface area contributed by atoms with E-state index in [0.29, 0.717) is 6.42 Å². The summed E-state index contributed by atoms with van der Waals surface area (Å²) in [6.07, 6.45) is 5.08. The van der Waals surface area contributed by atoms with Crippen LogP contribution in [0.3, 0.4) is 0 Å². The molecule has 3 heterocycles. The molecule has 0 saturated carbocycles. The number of likely N-dealkylation sites (tertiary alicyclic amines) is 1. The molecule has 0 aliphatic carbocycles. The highest BCUT2D eigenvalue weighted by atomic mass is 32.2. The standard InChI is InChI=1S/C13H20N2O2S/c1-2-4-10(16)11-6-5-9-12(17-11)18-13(14-9)15-7-3-8-15/h2,9-12,16H,1,3-8H2/t9-,10-,11-,12-/m1/s1. The van der Waals surface area contributed by atoms with E-state index >= 15 is 0 Å². The van der Waals surface area contributed by atoms with Crippen molar-refractivity contribution >= 4 is 16.9 Å². The maximum Gasteiger partial charge on any atom is 0.162 e. The van der Waals surface area contributed by atoms with Crippen LogP contribution >= 0.6 is 11.8 Å². The minimum absolute atomic E-state index is 0.0531. The van der Waals surface area contributed by atoms with Gasteiger partial charge in [0.15, 0.2) is 5.17 Å². The molecule has 4 atom stereocenters. The van der Waals surface area contributed by atoms with E-state index in [1.807, 2.05) is 0 Å².